The molecule has 2 aliphatic heterocycles. The van der Waals surface area contributed by atoms with Gasteiger partial charge in [-0.05, 0) is 65.8 Å². The summed E-state index contributed by atoms with van der Waals surface area (Å²) in [6.07, 6.45) is 4.29. The first kappa shape index (κ1) is 29.4. The van der Waals surface area contributed by atoms with E-state index in [1.54, 1.807) is 12.1 Å². The van der Waals surface area contributed by atoms with Gasteiger partial charge in [-0.3, -0.25) is 4.90 Å². The number of hydrogen-bond acceptors (Lipinski definition) is 9. The second-order valence-electron chi connectivity index (χ2n) is 12.2. The van der Waals surface area contributed by atoms with Crippen molar-refractivity contribution in [2.75, 3.05) is 38.0 Å². The minimum Gasteiger partial charge on any atom is -0.537 e. The molecule has 1 radical (unpaired) electrons. The van der Waals surface area contributed by atoms with Crippen LogP contribution in [0.15, 0.2) is 24.4 Å². The summed E-state index contributed by atoms with van der Waals surface area (Å²) in [6.45, 7) is 13.7. The van der Waals surface area contributed by atoms with Crippen LogP contribution in [-0.2, 0) is 18.5 Å². The van der Waals surface area contributed by atoms with E-state index in [1.165, 1.54) is 18.9 Å². The summed E-state index contributed by atoms with van der Waals surface area (Å²) >= 11 is 0. The van der Waals surface area contributed by atoms with Crippen LogP contribution in [-0.4, -0.2) is 79.7 Å². The molecule has 43 heavy (non-hydrogen) atoms. The summed E-state index contributed by atoms with van der Waals surface area (Å²) < 4.78 is 37.7. The Kier molecular flexibility index (Phi) is 8.05. The van der Waals surface area contributed by atoms with Gasteiger partial charge in [0, 0.05) is 55.3 Å². The smallest absolute Gasteiger partial charge is 0.537 e. The molecular weight excluding hydrogens is 553 g/mol. The van der Waals surface area contributed by atoms with Crippen molar-refractivity contribution < 1.29 is 18.5 Å². The van der Waals surface area contributed by atoms with E-state index >= 15 is 8.78 Å². The fraction of sp³-hybridized carbons (Fsp3) is 0.467. The number of nitrogens with zero attached hydrogens (tertiary/aromatic N) is 7. The fourth-order valence-electron chi connectivity index (χ4n) is 6.23. The standard InChI is InChI=1S/C30H36BF2N8O2/c1-18-35-28-21(32)13-19(14-24(28)41(18)30(2,3)4)27-22(33)16-34-29(38-27)37-26-15-25(43-31-42)20-17-40(10-7-23(20)36-26)12-11-39-8-5-6-9-39/h13-16,42H,5-12,17H2,1-4H3,(H,34,36,37,38). The van der Waals surface area contributed by atoms with Crippen molar-refractivity contribution in [2.45, 2.75) is 59.0 Å². The zero-order valence-electron chi connectivity index (χ0n) is 25.0. The van der Waals surface area contributed by atoms with E-state index in [0.29, 0.717) is 43.6 Å². The molecule has 0 saturated carbocycles. The number of benzene rings is 1. The number of halogens is 2. The Bertz CT molecular complexity index is 1650. The molecule has 0 amide bonds. The maximum absolute atomic E-state index is 15.2. The van der Waals surface area contributed by atoms with Crippen LogP contribution >= 0.6 is 0 Å². The van der Waals surface area contributed by atoms with E-state index in [4.69, 9.17) is 9.64 Å². The maximum Gasteiger partial charge on any atom is 0.569 e. The highest BCUT2D eigenvalue weighted by atomic mass is 19.1. The molecule has 10 nitrogen and oxygen atoms in total. The van der Waals surface area contributed by atoms with Crippen LogP contribution in [0.3, 0.4) is 0 Å². The molecule has 0 atom stereocenters. The number of hydrogen-bond donors (Lipinski definition) is 2. The highest BCUT2D eigenvalue weighted by Crippen LogP contribution is 2.33. The molecule has 13 heteroatoms. The number of aryl methyl sites for hydroxylation is 1. The van der Waals surface area contributed by atoms with Gasteiger partial charge in [0.25, 0.3) is 0 Å². The Morgan fingerprint density at radius 2 is 1.77 bits per heavy atom. The van der Waals surface area contributed by atoms with Gasteiger partial charge in [0.15, 0.2) is 11.6 Å². The third-order valence-electron chi connectivity index (χ3n) is 8.14. The average molecular weight is 589 g/mol. The lowest BCUT2D eigenvalue weighted by Gasteiger charge is -2.31. The molecule has 1 saturated heterocycles. The van der Waals surface area contributed by atoms with Crippen molar-refractivity contribution in [3.05, 3.63) is 53.1 Å². The predicted octanol–water partition coefficient (Wildman–Crippen LogP) is 4.33. The molecule has 3 aromatic heterocycles. The molecule has 5 heterocycles. The molecule has 2 N–H and O–H groups in total. The Morgan fingerprint density at radius 1 is 1.00 bits per heavy atom. The molecule has 2 aliphatic rings. The third-order valence-corrected chi connectivity index (χ3v) is 8.14. The van der Waals surface area contributed by atoms with E-state index < -0.39 is 11.6 Å². The summed E-state index contributed by atoms with van der Waals surface area (Å²) in [5, 5.41) is 12.5. The molecule has 1 fully saturated rings. The zero-order valence-corrected chi connectivity index (χ0v) is 25.0. The summed E-state index contributed by atoms with van der Waals surface area (Å²) in [5.74, 6) is 0.374. The molecule has 0 unspecified atom stereocenters. The molecule has 0 aliphatic carbocycles. The van der Waals surface area contributed by atoms with E-state index in [1.807, 2.05) is 32.3 Å². The first-order chi connectivity index (χ1) is 20.6. The van der Waals surface area contributed by atoms with Crippen LogP contribution in [0.4, 0.5) is 20.5 Å². The largest absolute Gasteiger partial charge is 0.569 e. The molecular formula is C30H36BF2N8O2. The van der Waals surface area contributed by atoms with Crippen LogP contribution in [0.25, 0.3) is 22.3 Å². The third kappa shape index (κ3) is 6.06. The van der Waals surface area contributed by atoms with Crippen LogP contribution in [0.5, 0.6) is 5.75 Å². The van der Waals surface area contributed by atoms with E-state index in [0.717, 1.165) is 50.2 Å². The van der Waals surface area contributed by atoms with Gasteiger partial charge < -0.3 is 24.5 Å². The monoisotopic (exact) mass is 589 g/mol. The van der Waals surface area contributed by atoms with Gasteiger partial charge in [-0.1, -0.05) is 0 Å². The number of rotatable bonds is 8. The minimum absolute atomic E-state index is 0.0515. The van der Waals surface area contributed by atoms with Crippen LogP contribution in [0.2, 0.25) is 0 Å². The van der Waals surface area contributed by atoms with Crippen molar-refractivity contribution in [3.63, 3.8) is 0 Å². The highest BCUT2D eigenvalue weighted by Gasteiger charge is 2.25. The van der Waals surface area contributed by atoms with Gasteiger partial charge in [0.1, 0.15) is 28.6 Å². The Morgan fingerprint density at radius 3 is 2.51 bits per heavy atom. The maximum atomic E-state index is 15.2. The van der Waals surface area contributed by atoms with Crippen molar-refractivity contribution >= 4 is 30.5 Å². The van der Waals surface area contributed by atoms with Gasteiger partial charge in [-0.15, -0.1) is 0 Å². The number of imidazole rings is 1. The van der Waals surface area contributed by atoms with Gasteiger partial charge in [0.05, 0.1) is 17.4 Å². The number of pyridine rings is 1. The van der Waals surface area contributed by atoms with Crippen molar-refractivity contribution in [1.29, 1.82) is 0 Å². The van der Waals surface area contributed by atoms with Gasteiger partial charge >= 0.3 is 7.69 Å². The van der Waals surface area contributed by atoms with Gasteiger partial charge in [-0.25, -0.2) is 28.7 Å². The average Bonchev–Trinajstić information content (AvgIpc) is 3.60. The minimum atomic E-state index is -0.686. The SMILES string of the molecule is Cc1nc2c(F)cc(-c3nc(Nc4cc(O[B]O)c5c(n4)CCN(CCN4CCCC4)C5)ncc3F)cc2n1C(C)(C)C. The quantitative estimate of drug-likeness (QED) is 0.291. The lowest BCUT2D eigenvalue weighted by Crippen LogP contribution is -2.37. The van der Waals surface area contributed by atoms with Gasteiger partial charge in [-0.2, -0.15) is 0 Å². The van der Waals surface area contributed by atoms with Crippen LogP contribution < -0.4 is 9.97 Å². The Balaban J connectivity index is 1.28. The molecule has 0 bridgehead atoms. The summed E-state index contributed by atoms with van der Waals surface area (Å²) in [6, 6.07) is 4.61. The topological polar surface area (TPSA) is 104 Å². The fourth-order valence-corrected chi connectivity index (χ4v) is 6.23. The Hall–Kier alpha value is -3.68. The first-order valence-corrected chi connectivity index (χ1v) is 14.7. The number of aromatic nitrogens is 5. The van der Waals surface area contributed by atoms with E-state index in [9.17, 15) is 5.02 Å². The summed E-state index contributed by atoms with van der Waals surface area (Å²) in [5.41, 5.74) is 2.40. The molecule has 4 aromatic rings. The predicted molar refractivity (Wildman–Crippen MR) is 161 cm³/mol. The number of fused-ring (bicyclic) bond motifs is 2. The second kappa shape index (κ2) is 11.8. The lowest BCUT2D eigenvalue weighted by molar-refractivity contribution is 0.208. The zero-order chi connectivity index (χ0) is 30.3. The lowest BCUT2D eigenvalue weighted by atomic mass is 10.0. The number of nitrogens with one attached hydrogen (secondary N) is 1. The number of likely N-dealkylation sites (tertiary alicyclic amines) is 1. The van der Waals surface area contributed by atoms with Crippen molar-refractivity contribution in [3.8, 4) is 17.0 Å². The van der Waals surface area contributed by atoms with Crippen molar-refractivity contribution in [1.82, 2.24) is 34.3 Å². The van der Waals surface area contributed by atoms with E-state index in [2.05, 4.69) is 30.1 Å². The van der Waals surface area contributed by atoms with Crippen molar-refractivity contribution in [2.24, 2.45) is 0 Å². The van der Waals surface area contributed by atoms with Crippen LogP contribution in [0, 0.1) is 18.6 Å². The Labute approximate surface area is 250 Å². The first-order valence-electron chi connectivity index (χ1n) is 14.7. The molecule has 0 spiro atoms. The molecule has 6 rings (SSSR count). The highest BCUT2D eigenvalue weighted by molar-refractivity contribution is 6.17. The number of anilines is 2. The summed E-state index contributed by atoms with van der Waals surface area (Å²) in [7, 11) is 0.657. The normalized spacial score (nSPS) is 16.1. The summed E-state index contributed by atoms with van der Waals surface area (Å²) in [4.78, 5) is 22.6. The van der Waals surface area contributed by atoms with Gasteiger partial charge in [0.2, 0.25) is 5.95 Å². The second-order valence-corrected chi connectivity index (χ2v) is 12.2. The van der Waals surface area contributed by atoms with Crippen LogP contribution in [0.1, 0.15) is 50.7 Å². The van der Waals surface area contributed by atoms with E-state index in [-0.39, 0.29) is 28.3 Å². The molecule has 225 valence electrons. The molecule has 1 aromatic carbocycles.